The maximum atomic E-state index is 12.8. The lowest BCUT2D eigenvalue weighted by atomic mass is 10.1. The van der Waals surface area contributed by atoms with Crippen molar-refractivity contribution in [3.05, 3.63) is 23.3 Å². The first-order valence-electron chi connectivity index (χ1n) is 6.38. The summed E-state index contributed by atoms with van der Waals surface area (Å²) in [6, 6.07) is 3.55. The third-order valence-electron chi connectivity index (χ3n) is 3.49. The lowest BCUT2D eigenvalue weighted by Gasteiger charge is -2.22. The Bertz CT molecular complexity index is 562. The fourth-order valence-corrected chi connectivity index (χ4v) is 5.12. The van der Waals surface area contributed by atoms with Crippen LogP contribution < -0.4 is 5.73 Å². The third kappa shape index (κ3) is 2.90. The Hall–Kier alpha value is -0.720. The second-order valence-electron chi connectivity index (χ2n) is 4.80. The van der Waals surface area contributed by atoms with Gasteiger partial charge in [-0.25, -0.2) is 8.42 Å². The number of hydrogen-bond donors (Lipinski definition) is 1. The van der Waals surface area contributed by atoms with Gasteiger partial charge in [0.2, 0.25) is 10.0 Å². The minimum absolute atomic E-state index is 0.291. The first kappa shape index (κ1) is 14.7. The van der Waals surface area contributed by atoms with Crippen LogP contribution in [-0.4, -0.2) is 37.3 Å². The quantitative estimate of drug-likeness (QED) is 0.849. The lowest BCUT2D eigenvalue weighted by molar-refractivity contribution is 0.435. The minimum Gasteiger partial charge on any atom is -0.398 e. The van der Waals surface area contributed by atoms with Crippen LogP contribution in [0.15, 0.2) is 17.0 Å². The van der Waals surface area contributed by atoms with Gasteiger partial charge in [-0.05, 0) is 43.2 Å². The normalized spacial score (nSPS) is 18.2. The van der Waals surface area contributed by atoms with Crippen LogP contribution in [0.25, 0.3) is 0 Å². The van der Waals surface area contributed by atoms with Gasteiger partial charge in [0, 0.05) is 18.8 Å². The summed E-state index contributed by atoms with van der Waals surface area (Å²) in [4.78, 5) is 0.291. The van der Waals surface area contributed by atoms with E-state index in [-0.39, 0.29) is 0 Å². The zero-order chi connectivity index (χ0) is 14.0. The molecule has 0 unspecified atom stereocenters. The molecule has 0 radical (unpaired) electrons. The third-order valence-corrected chi connectivity index (χ3v) is 6.64. The average molecular weight is 300 g/mol. The van der Waals surface area contributed by atoms with E-state index in [0.29, 0.717) is 23.7 Å². The van der Waals surface area contributed by atoms with E-state index in [0.717, 1.165) is 29.1 Å². The molecule has 0 atom stereocenters. The van der Waals surface area contributed by atoms with E-state index in [1.54, 1.807) is 22.1 Å². The van der Waals surface area contributed by atoms with E-state index in [9.17, 15) is 8.42 Å². The topological polar surface area (TPSA) is 63.4 Å². The van der Waals surface area contributed by atoms with E-state index in [2.05, 4.69) is 0 Å². The molecule has 1 aromatic carbocycles. The molecule has 1 aliphatic heterocycles. The summed E-state index contributed by atoms with van der Waals surface area (Å²) >= 11 is 1.80. The molecular formula is C13H20N2O2S2. The van der Waals surface area contributed by atoms with Gasteiger partial charge in [0.15, 0.2) is 0 Å². The largest absolute Gasteiger partial charge is 0.398 e. The number of sulfonamides is 1. The van der Waals surface area contributed by atoms with Gasteiger partial charge in [-0.15, -0.1) is 0 Å². The molecule has 2 N–H and O–H groups in total. The smallest absolute Gasteiger partial charge is 0.245 e. The first-order chi connectivity index (χ1) is 8.94. The Labute approximate surface area is 119 Å². The summed E-state index contributed by atoms with van der Waals surface area (Å²) in [5.41, 5.74) is 7.97. The number of rotatable bonds is 2. The summed E-state index contributed by atoms with van der Waals surface area (Å²) in [5.74, 6) is 1.87. The van der Waals surface area contributed by atoms with Gasteiger partial charge in [0.1, 0.15) is 4.90 Å². The van der Waals surface area contributed by atoms with Crippen LogP contribution in [0.5, 0.6) is 0 Å². The number of nitrogens with two attached hydrogens (primary N) is 1. The van der Waals surface area contributed by atoms with Crippen molar-refractivity contribution in [3.8, 4) is 0 Å². The molecule has 0 bridgehead atoms. The van der Waals surface area contributed by atoms with Crippen LogP contribution >= 0.6 is 11.8 Å². The molecule has 6 heteroatoms. The number of anilines is 1. The standard InChI is InChI=1S/C13H20N2O2S2/c1-10-4-5-12(14)13(11(10)2)19(16,17)15-6-3-8-18-9-7-15/h4-5H,3,6-9,14H2,1-2H3. The van der Waals surface area contributed by atoms with Crippen LogP contribution in [0.2, 0.25) is 0 Å². The predicted octanol–water partition coefficient (Wildman–Crippen LogP) is 2.01. The molecule has 1 saturated heterocycles. The Morgan fingerprint density at radius 2 is 1.95 bits per heavy atom. The number of benzene rings is 1. The van der Waals surface area contributed by atoms with Gasteiger partial charge in [-0.1, -0.05) is 6.07 Å². The summed E-state index contributed by atoms with van der Waals surface area (Å²) in [5, 5.41) is 0. The highest BCUT2D eigenvalue weighted by Crippen LogP contribution is 2.29. The number of aryl methyl sites for hydroxylation is 1. The number of thioether (sulfide) groups is 1. The fraction of sp³-hybridized carbons (Fsp3) is 0.538. The zero-order valence-corrected chi connectivity index (χ0v) is 13.0. The highest BCUT2D eigenvalue weighted by Gasteiger charge is 2.29. The molecule has 0 amide bonds. The Balaban J connectivity index is 2.47. The fourth-order valence-electron chi connectivity index (χ4n) is 2.25. The van der Waals surface area contributed by atoms with Crippen molar-refractivity contribution in [2.24, 2.45) is 0 Å². The summed E-state index contributed by atoms with van der Waals surface area (Å²) < 4.78 is 27.1. The first-order valence-corrected chi connectivity index (χ1v) is 8.97. The molecule has 0 saturated carbocycles. The molecule has 0 aliphatic carbocycles. The molecule has 1 aromatic rings. The second-order valence-corrected chi connectivity index (χ2v) is 7.90. The van der Waals surface area contributed by atoms with E-state index < -0.39 is 10.0 Å². The monoisotopic (exact) mass is 300 g/mol. The van der Waals surface area contributed by atoms with E-state index in [1.807, 2.05) is 19.9 Å². The Morgan fingerprint density at radius 1 is 1.21 bits per heavy atom. The summed E-state index contributed by atoms with van der Waals surface area (Å²) in [6.45, 7) is 4.89. The molecular weight excluding hydrogens is 280 g/mol. The predicted molar refractivity (Wildman–Crippen MR) is 81.0 cm³/mol. The highest BCUT2D eigenvalue weighted by molar-refractivity contribution is 7.99. The minimum atomic E-state index is -3.47. The molecule has 0 aromatic heterocycles. The van der Waals surface area contributed by atoms with Crippen molar-refractivity contribution >= 4 is 27.5 Å². The molecule has 2 rings (SSSR count). The summed E-state index contributed by atoms with van der Waals surface area (Å²) in [7, 11) is -3.47. The van der Waals surface area contributed by atoms with Gasteiger partial charge < -0.3 is 5.73 Å². The van der Waals surface area contributed by atoms with Gasteiger partial charge in [-0.2, -0.15) is 16.1 Å². The van der Waals surface area contributed by atoms with Crippen LogP contribution in [0.1, 0.15) is 17.5 Å². The molecule has 1 heterocycles. The molecule has 4 nitrogen and oxygen atoms in total. The van der Waals surface area contributed by atoms with Crippen LogP contribution in [0.4, 0.5) is 5.69 Å². The maximum absolute atomic E-state index is 12.8. The van der Waals surface area contributed by atoms with E-state index in [1.165, 1.54) is 0 Å². The zero-order valence-electron chi connectivity index (χ0n) is 11.3. The van der Waals surface area contributed by atoms with Crippen LogP contribution in [0, 0.1) is 13.8 Å². The van der Waals surface area contributed by atoms with Crippen LogP contribution in [0.3, 0.4) is 0 Å². The Kier molecular flexibility index (Phi) is 4.43. The molecule has 1 aliphatic rings. The summed E-state index contributed by atoms with van der Waals surface area (Å²) in [6.07, 6.45) is 0.897. The molecule has 0 spiro atoms. The highest BCUT2D eigenvalue weighted by atomic mass is 32.2. The van der Waals surface area contributed by atoms with Crippen molar-refractivity contribution in [2.45, 2.75) is 25.2 Å². The number of nitrogens with zero attached hydrogens (tertiary/aromatic N) is 1. The van der Waals surface area contributed by atoms with Crippen molar-refractivity contribution in [1.29, 1.82) is 0 Å². The Morgan fingerprint density at radius 3 is 2.68 bits per heavy atom. The molecule has 106 valence electrons. The van der Waals surface area contributed by atoms with E-state index >= 15 is 0 Å². The molecule has 1 fully saturated rings. The van der Waals surface area contributed by atoms with E-state index in [4.69, 9.17) is 5.73 Å². The van der Waals surface area contributed by atoms with Crippen molar-refractivity contribution in [2.75, 3.05) is 30.3 Å². The molecule has 19 heavy (non-hydrogen) atoms. The average Bonchev–Trinajstić information content (AvgIpc) is 2.63. The number of hydrogen-bond acceptors (Lipinski definition) is 4. The number of nitrogen functional groups attached to an aromatic ring is 1. The van der Waals surface area contributed by atoms with Gasteiger partial charge >= 0.3 is 0 Å². The van der Waals surface area contributed by atoms with Gasteiger partial charge in [0.25, 0.3) is 0 Å². The van der Waals surface area contributed by atoms with Gasteiger partial charge in [0.05, 0.1) is 5.69 Å². The lowest BCUT2D eigenvalue weighted by Crippen LogP contribution is -2.34. The SMILES string of the molecule is Cc1ccc(N)c(S(=O)(=O)N2CCCSCC2)c1C. The van der Waals surface area contributed by atoms with Crippen molar-refractivity contribution < 1.29 is 8.42 Å². The van der Waals surface area contributed by atoms with Crippen LogP contribution in [-0.2, 0) is 10.0 Å². The second kappa shape index (κ2) is 5.73. The van der Waals surface area contributed by atoms with Gasteiger partial charge in [-0.3, -0.25) is 0 Å². The van der Waals surface area contributed by atoms with Crippen molar-refractivity contribution in [3.63, 3.8) is 0 Å². The maximum Gasteiger partial charge on any atom is 0.245 e. The van der Waals surface area contributed by atoms with Crippen molar-refractivity contribution in [1.82, 2.24) is 4.31 Å².